The third kappa shape index (κ3) is 4.00. The fraction of sp³-hybridized carbons (Fsp3) is 0.188. The van der Waals surface area contributed by atoms with Crippen LogP contribution in [0.1, 0.15) is 13.3 Å². The molecule has 2 rings (SSSR count). The largest absolute Gasteiger partial charge is 0.481 e. The van der Waals surface area contributed by atoms with Crippen molar-refractivity contribution in [3.63, 3.8) is 0 Å². The molecule has 0 fully saturated rings. The number of nitrogens with one attached hydrogen (secondary N) is 1. The monoisotopic (exact) mass is 309 g/mol. The summed E-state index contributed by atoms with van der Waals surface area (Å²) in [4.78, 5) is 12.1. The van der Waals surface area contributed by atoms with Crippen molar-refractivity contribution in [3.8, 4) is 5.75 Å². The van der Waals surface area contributed by atoms with Gasteiger partial charge in [-0.1, -0.05) is 6.92 Å². The highest BCUT2D eigenvalue weighted by molar-refractivity contribution is 5.94. The summed E-state index contributed by atoms with van der Waals surface area (Å²) in [5.41, 5.74) is -0.132. The number of ether oxygens (including phenoxy) is 1. The normalized spacial score (nSPS) is 11.8. The molecule has 0 aliphatic carbocycles. The first-order chi connectivity index (χ1) is 10.5. The van der Waals surface area contributed by atoms with Crippen LogP contribution in [0.3, 0.4) is 0 Å². The first-order valence-corrected chi connectivity index (χ1v) is 6.67. The molecule has 0 spiro atoms. The molecule has 1 N–H and O–H groups in total. The number of halogens is 3. The van der Waals surface area contributed by atoms with Crippen LogP contribution in [0, 0.1) is 17.5 Å². The van der Waals surface area contributed by atoms with Gasteiger partial charge in [-0.05, 0) is 42.8 Å². The van der Waals surface area contributed by atoms with E-state index in [1.165, 1.54) is 24.3 Å². The molecule has 0 radical (unpaired) electrons. The minimum Gasteiger partial charge on any atom is -0.481 e. The highest BCUT2D eigenvalue weighted by Gasteiger charge is 2.20. The van der Waals surface area contributed by atoms with E-state index in [-0.39, 0.29) is 5.69 Å². The van der Waals surface area contributed by atoms with Crippen molar-refractivity contribution < 1.29 is 22.7 Å². The SMILES string of the molecule is CC[C@@H](Oc1ccc(F)cc1)C(=O)Nc1ccc(F)cc1F. The van der Waals surface area contributed by atoms with Crippen LogP contribution in [0.2, 0.25) is 0 Å². The maximum atomic E-state index is 13.5. The molecule has 22 heavy (non-hydrogen) atoms. The standard InChI is InChI=1S/C16H14F3NO2/c1-2-15(22-12-6-3-10(17)4-7-12)16(21)20-14-8-5-11(18)9-13(14)19/h3-9,15H,2H2,1H3,(H,20,21)/t15-/m1/s1. The van der Waals surface area contributed by atoms with Gasteiger partial charge in [0.1, 0.15) is 23.2 Å². The first kappa shape index (κ1) is 15.9. The number of benzene rings is 2. The van der Waals surface area contributed by atoms with Crippen LogP contribution in [-0.2, 0) is 4.79 Å². The quantitative estimate of drug-likeness (QED) is 0.909. The van der Waals surface area contributed by atoms with Crippen LogP contribution in [0.4, 0.5) is 18.9 Å². The Morgan fingerprint density at radius 1 is 1.09 bits per heavy atom. The molecule has 3 nitrogen and oxygen atoms in total. The number of anilines is 1. The molecule has 0 bridgehead atoms. The van der Waals surface area contributed by atoms with Crippen LogP contribution in [-0.4, -0.2) is 12.0 Å². The highest BCUT2D eigenvalue weighted by atomic mass is 19.1. The molecular weight excluding hydrogens is 295 g/mol. The summed E-state index contributed by atoms with van der Waals surface area (Å²) in [7, 11) is 0. The van der Waals surface area contributed by atoms with Crippen LogP contribution in [0.15, 0.2) is 42.5 Å². The molecular formula is C16H14F3NO2. The Kier molecular flexibility index (Phi) is 5.04. The molecule has 2 aromatic carbocycles. The van der Waals surface area contributed by atoms with Crippen LogP contribution >= 0.6 is 0 Å². The van der Waals surface area contributed by atoms with Crippen molar-refractivity contribution in [1.82, 2.24) is 0 Å². The van der Waals surface area contributed by atoms with E-state index >= 15 is 0 Å². The molecule has 0 unspecified atom stereocenters. The van der Waals surface area contributed by atoms with Gasteiger partial charge in [-0.25, -0.2) is 13.2 Å². The third-order valence-corrected chi connectivity index (χ3v) is 2.94. The summed E-state index contributed by atoms with van der Waals surface area (Å²) in [6.07, 6.45) is -0.554. The molecule has 1 atom stereocenters. The smallest absolute Gasteiger partial charge is 0.265 e. The topological polar surface area (TPSA) is 38.3 Å². The number of carbonyl (C=O) groups is 1. The Labute approximate surface area is 125 Å². The predicted molar refractivity (Wildman–Crippen MR) is 76.1 cm³/mol. The Balaban J connectivity index is 2.06. The molecule has 0 aliphatic rings. The summed E-state index contributed by atoms with van der Waals surface area (Å²) >= 11 is 0. The van der Waals surface area contributed by atoms with E-state index in [0.29, 0.717) is 18.2 Å². The molecule has 0 aliphatic heterocycles. The van der Waals surface area contributed by atoms with Gasteiger partial charge in [0.2, 0.25) is 0 Å². The van der Waals surface area contributed by atoms with Crippen molar-refractivity contribution in [1.29, 1.82) is 0 Å². The zero-order chi connectivity index (χ0) is 16.1. The first-order valence-electron chi connectivity index (χ1n) is 6.67. The zero-order valence-electron chi connectivity index (χ0n) is 11.8. The highest BCUT2D eigenvalue weighted by Crippen LogP contribution is 2.18. The van der Waals surface area contributed by atoms with Gasteiger partial charge in [-0.15, -0.1) is 0 Å². The van der Waals surface area contributed by atoms with Crippen molar-refractivity contribution in [2.45, 2.75) is 19.4 Å². The number of carbonyl (C=O) groups excluding carboxylic acids is 1. The van der Waals surface area contributed by atoms with Gasteiger partial charge in [0.15, 0.2) is 6.10 Å². The molecule has 0 saturated heterocycles. The number of hydrogen-bond acceptors (Lipinski definition) is 2. The fourth-order valence-corrected chi connectivity index (χ4v) is 1.80. The summed E-state index contributed by atoms with van der Waals surface area (Å²) < 4.78 is 44.6. The second-order valence-corrected chi connectivity index (χ2v) is 4.58. The van der Waals surface area contributed by atoms with E-state index in [2.05, 4.69) is 5.32 Å². The van der Waals surface area contributed by atoms with Crippen molar-refractivity contribution in [2.75, 3.05) is 5.32 Å². The van der Waals surface area contributed by atoms with Crippen molar-refractivity contribution in [3.05, 3.63) is 59.9 Å². The van der Waals surface area contributed by atoms with Crippen molar-refractivity contribution >= 4 is 11.6 Å². The lowest BCUT2D eigenvalue weighted by Crippen LogP contribution is -2.32. The molecule has 0 saturated carbocycles. The molecule has 2 aromatic rings. The van der Waals surface area contributed by atoms with Gasteiger partial charge in [-0.2, -0.15) is 0 Å². The summed E-state index contributed by atoms with van der Waals surface area (Å²) in [6, 6.07) is 8.05. The molecule has 0 aromatic heterocycles. The molecule has 6 heteroatoms. The average Bonchev–Trinajstić information content (AvgIpc) is 2.49. The number of hydrogen-bond donors (Lipinski definition) is 1. The van der Waals surface area contributed by atoms with Gasteiger partial charge >= 0.3 is 0 Å². The zero-order valence-corrected chi connectivity index (χ0v) is 11.8. The Morgan fingerprint density at radius 2 is 1.73 bits per heavy atom. The van der Waals surface area contributed by atoms with E-state index < -0.39 is 29.5 Å². The minimum absolute atomic E-state index is 0.132. The van der Waals surface area contributed by atoms with E-state index in [0.717, 1.165) is 12.1 Å². The van der Waals surface area contributed by atoms with Gasteiger partial charge in [-0.3, -0.25) is 4.79 Å². The summed E-state index contributed by atoms with van der Waals surface area (Å²) in [5, 5.41) is 2.34. The van der Waals surface area contributed by atoms with Crippen molar-refractivity contribution in [2.24, 2.45) is 0 Å². The lowest BCUT2D eigenvalue weighted by Gasteiger charge is -2.17. The number of amides is 1. The Hall–Kier alpha value is -2.50. The van der Waals surface area contributed by atoms with E-state index in [1.807, 2.05) is 0 Å². The summed E-state index contributed by atoms with van der Waals surface area (Å²) in [5.74, 6) is -2.27. The Bertz CT molecular complexity index is 659. The maximum absolute atomic E-state index is 13.5. The van der Waals surface area contributed by atoms with Gasteiger partial charge < -0.3 is 10.1 Å². The third-order valence-electron chi connectivity index (χ3n) is 2.94. The second-order valence-electron chi connectivity index (χ2n) is 4.58. The summed E-state index contributed by atoms with van der Waals surface area (Å²) in [6.45, 7) is 1.72. The maximum Gasteiger partial charge on any atom is 0.265 e. The second kappa shape index (κ2) is 6.98. The van der Waals surface area contributed by atoms with Gasteiger partial charge in [0, 0.05) is 6.07 Å². The Morgan fingerprint density at radius 3 is 2.32 bits per heavy atom. The predicted octanol–water partition coefficient (Wildman–Crippen LogP) is 3.90. The fourth-order valence-electron chi connectivity index (χ4n) is 1.80. The van der Waals surface area contributed by atoms with Crippen LogP contribution in [0.5, 0.6) is 5.75 Å². The van der Waals surface area contributed by atoms with Crippen LogP contribution in [0.25, 0.3) is 0 Å². The molecule has 116 valence electrons. The van der Waals surface area contributed by atoms with E-state index in [4.69, 9.17) is 4.74 Å². The van der Waals surface area contributed by atoms with Gasteiger partial charge in [0.05, 0.1) is 5.69 Å². The lowest BCUT2D eigenvalue weighted by molar-refractivity contribution is -0.122. The minimum atomic E-state index is -0.880. The molecule has 0 heterocycles. The van der Waals surface area contributed by atoms with Gasteiger partial charge in [0.25, 0.3) is 5.91 Å². The average molecular weight is 309 g/mol. The van der Waals surface area contributed by atoms with E-state index in [1.54, 1.807) is 6.92 Å². The lowest BCUT2D eigenvalue weighted by atomic mass is 10.2. The number of rotatable bonds is 5. The van der Waals surface area contributed by atoms with Crippen LogP contribution < -0.4 is 10.1 Å². The van der Waals surface area contributed by atoms with E-state index in [9.17, 15) is 18.0 Å². The molecule has 1 amide bonds.